The molecule has 1 aliphatic rings. The summed E-state index contributed by atoms with van der Waals surface area (Å²) in [6, 6.07) is 8.76. The minimum absolute atomic E-state index is 0.0601. The number of esters is 2. The SMILES string of the molecule is O=C(C[C@]1([C@@H](O)CO)OC(=O)C(O)=C1O)OCc1ccccc1. The molecule has 0 bridgehead atoms. The predicted molar refractivity (Wildman–Crippen MR) is 75.1 cm³/mol. The van der Waals surface area contributed by atoms with Crippen molar-refractivity contribution in [3.63, 3.8) is 0 Å². The van der Waals surface area contributed by atoms with Crippen molar-refractivity contribution in [2.24, 2.45) is 0 Å². The fourth-order valence-electron chi connectivity index (χ4n) is 2.17. The molecule has 0 saturated heterocycles. The van der Waals surface area contributed by atoms with Gasteiger partial charge in [0.05, 0.1) is 13.0 Å². The van der Waals surface area contributed by atoms with Gasteiger partial charge < -0.3 is 29.9 Å². The number of aliphatic hydroxyl groups is 4. The molecule has 0 fully saturated rings. The Hall–Kier alpha value is -2.58. The predicted octanol–water partition coefficient (Wildman–Crippen LogP) is 0.0963. The molecule has 2 rings (SSSR count). The molecule has 0 radical (unpaired) electrons. The van der Waals surface area contributed by atoms with Crippen LogP contribution in [0.15, 0.2) is 41.9 Å². The van der Waals surface area contributed by atoms with Gasteiger partial charge in [0, 0.05) is 0 Å². The van der Waals surface area contributed by atoms with Gasteiger partial charge in [-0.2, -0.15) is 0 Å². The number of hydrogen-bond donors (Lipinski definition) is 4. The van der Waals surface area contributed by atoms with E-state index in [1.165, 1.54) is 0 Å². The van der Waals surface area contributed by atoms with Gasteiger partial charge in [0.25, 0.3) is 0 Å². The third-order valence-corrected chi connectivity index (χ3v) is 3.45. The van der Waals surface area contributed by atoms with Crippen LogP contribution in [0.2, 0.25) is 0 Å². The van der Waals surface area contributed by atoms with Crippen LogP contribution in [0.1, 0.15) is 12.0 Å². The molecule has 1 aromatic rings. The first-order chi connectivity index (χ1) is 10.9. The van der Waals surface area contributed by atoms with Crippen molar-refractivity contribution in [1.82, 2.24) is 0 Å². The number of ether oxygens (including phenoxy) is 2. The Morgan fingerprint density at radius 1 is 1.26 bits per heavy atom. The molecule has 0 saturated carbocycles. The van der Waals surface area contributed by atoms with Crippen molar-refractivity contribution < 1.29 is 39.5 Å². The quantitative estimate of drug-likeness (QED) is 0.541. The van der Waals surface area contributed by atoms with Crippen LogP contribution >= 0.6 is 0 Å². The normalized spacial score (nSPS) is 21.9. The number of hydrogen-bond acceptors (Lipinski definition) is 8. The molecule has 1 aliphatic heterocycles. The third-order valence-electron chi connectivity index (χ3n) is 3.45. The first kappa shape index (κ1) is 16.8. The van der Waals surface area contributed by atoms with Gasteiger partial charge in [-0.15, -0.1) is 0 Å². The summed E-state index contributed by atoms with van der Waals surface area (Å²) >= 11 is 0. The van der Waals surface area contributed by atoms with Crippen molar-refractivity contribution >= 4 is 11.9 Å². The van der Waals surface area contributed by atoms with E-state index in [1.54, 1.807) is 30.3 Å². The van der Waals surface area contributed by atoms with E-state index >= 15 is 0 Å². The second kappa shape index (κ2) is 6.67. The maximum Gasteiger partial charge on any atom is 0.378 e. The first-order valence-corrected chi connectivity index (χ1v) is 6.75. The topological polar surface area (TPSA) is 134 Å². The fourth-order valence-corrected chi connectivity index (χ4v) is 2.17. The summed E-state index contributed by atoms with van der Waals surface area (Å²) in [5, 5.41) is 38.1. The molecule has 23 heavy (non-hydrogen) atoms. The van der Waals surface area contributed by atoms with Crippen molar-refractivity contribution in [2.75, 3.05) is 6.61 Å². The van der Waals surface area contributed by atoms with Gasteiger partial charge in [-0.25, -0.2) is 4.79 Å². The Labute approximate surface area is 131 Å². The molecule has 8 nitrogen and oxygen atoms in total. The Kier molecular flexibility index (Phi) is 4.87. The number of rotatable bonds is 6. The van der Waals surface area contributed by atoms with Crippen LogP contribution in [0.25, 0.3) is 0 Å². The van der Waals surface area contributed by atoms with Gasteiger partial charge in [0.1, 0.15) is 12.7 Å². The van der Waals surface area contributed by atoms with Gasteiger partial charge >= 0.3 is 11.9 Å². The highest BCUT2D eigenvalue weighted by atomic mass is 16.6. The van der Waals surface area contributed by atoms with E-state index in [1.807, 2.05) is 0 Å². The van der Waals surface area contributed by atoms with Gasteiger partial charge in [0.15, 0.2) is 5.76 Å². The molecule has 0 amide bonds. The maximum absolute atomic E-state index is 11.9. The average molecular weight is 324 g/mol. The molecule has 2 atom stereocenters. The van der Waals surface area contributed by atoms with Crippen LogP contribution in [0.5, 0.6) is 0 Å². The summed E-state index contributed by atoms with van der Waals surface area (Å²) in [5.41, 5.74) is -1.55. The Morgan fingerprint density at radius 3 is 2.43 bits per heavy atom. The molecular formula is C15H16O8. The zero-order chi connectivity index (χ0) is 17.0. The van der Waals surface area contributed by atoms with Crippen LogP contribution in [-0.2, 0) is 25.7 Å². The lowest BCUT2D eigenvalue weighted by Gasteiger charge is -2.30. The Morgan fingerprint density at radius 2 is 1.91 bits per heavy atom. The van der Waals surface area contributed by atoms with Crippen molar-refractivity contribution in [3.05, 3.63) is 47.4 Å². The van der Waals surface area contributed by atoms with E-state index < -0.39 is 48.2 Å². The van der Waals surface area contributed by atoms with E-state index in [0.29, 0.717) is 5.56 Å². The number of benzene rings is 1. The minimum Gasteiger partial charge on any atom is -0.505 e. The van der Waals surface area contributed by atoms with Crippen LogP contribution in [0.4, 0.5) is 0 Å². The molecule has 0 aliphatic carbocycles. The molecule has 124 valence electrons. The monoisotopic (exact) mass is 324 g/mol. The average Bonchev–Trinajstić information content (AvgIpc) is 2.78. The summed E-state index contributed by atoms with van der Waals surface area (Å²) in [4.78, 5) is 23.3. The van der Waals surface area contributed by atoms with E-state index in [9.17, 15) is 24.9 Å². The van der Waals surface area contributed by atoms with Gasteiger partial charge in [-0.05, 0) is 5.56 Å². The molecular weight excluding hydrogens is 308 g/mol. The van der Waals surface area contributed by atoms with Gasteiger partial charge in [-0.1, -0.05) is 30.3 Å². The molecule has 1 heterocycles. The minimum atomic E-state index is -2.26. The van der Waals surface area contributed by atoms with Crippen molar-refractivity contribution in [1.29, 1.82) is 0 Å². The number of carbonyl (C=O) groups is 2. The van der Waals surface area contributed by atoms with E-state index in [-0.39, 0.29) is 6.61 Å². The Bertz CT molecular complexity index is 624. The summed E-state index contributed by atoms with van der Waals surface area (Å²) in [5.74, 6) is -4.32. The molecule has 8 heteroatoms. The zero-order valence-corrected chi connectivity index (χ0v) is 12.0. The van der Waals surface area contributed by atoms with Crippen LogP contribution in [-0.4, -0.2) is 50.7 Å². The molecule has 0 spiro atoms. The smallest absolute Gasteiger partial charge is 0.378 e. The zero-order valence-electron chi connectivity index (χ0n) is 12.0. The molecule has 0 unspecified atom stereocenters. The highest BCUT2D eigenvalue weighted by Crippen LogP contribution is 2.36. The lowest BCUT2D eigenvalue weighted by atomic mass is 9.91. The second-order valence-corrected chi connectivity index (χ2v) is 5.00. The van der Waals surface area contributed by atoms with E-state index in [2.05, 4.69) is 0 Å². The van der Waals surface area contributed by atoms with Crippen LogP contribution in [0, 0.1) is 0 Å². The van der Waals surface area contributed by atoms with Crippen molar-refractivity contribution in [2.45, 2.75) is 24.7 Å². The van der Waals surface area contributed by atoms with Gasteiger partial charge in [0.2, 0.25) is 11.4 Å². The lowest BCUT2D eigenvalue weighted by Crippen LogP contribution is -2.48. The van der Waals surface area contributed by atoms with Gasteiger partial charge in [-0.3, -0.25) is 4.79 Å². The van der Waals surface area contributed by atoms with Crippen LogP contribution < -0.4 is 0 Å². The number of cyclic esters (lactones) is 1. The standard InChI is InChI=1S/C15H16O8/c16-7-10(17)15(13(20)12(19)14(21)23-15)6-11(18)22-8-9-4-2-1-3-5-9/h1-5,10,16-17,19-20H,6-8H2/t10-,15+/m0/s1. The third kappa shape index (κ3) is 3.27. The fraction of sp³-hybridized carbons (Fsp3) is 0.333. The molecule has 1 aromatic carbocycles. The summed E-state index contributed by atoms with van der Waals surface area (Å²) in [6.45, 7) is -0.966. The second-order valence-electron chi connectivity index (χ2n) is 5.00. The summed E-state index contributed by atoms with van der Waals surface area (Å²) < 4.78 is 9.72. The maximum atomic E-state index is 11.9. The highest BCUT2D eigenvalue weighted by molar-refractivity contribution is 5.91. The molecule has 0 aromatic heterocycles. The molecule has 4 N–H and O–H groups in total. The number of aliphatic hydroxyl groups excluding tert-OH is 4. The first-order valence-electron chi connectivity index (χ1n) is 6.75. The summed E-state index contributed by atoms with van der Waals surface area (Å²) in [7, 11) is 0. The Balaban J connectivity index is 2.10. The lowest BCUT2D eigenvalue weighted by molar-refractivity contribution is -0.173. The van der Waals surface area contributed by atoms with Crippen LogP contribution in [0.3, 0.4) is 0 Å². The van der Waals surface area contributed by atoms with Crippen molar-refractivity contribution in [3.8, 4) is 0 Å². The highest BCUT2D eigenvalue weighted by Gasteiger charge is 2.55. The summed E-state index contributed by atoms with van der Waals surface area (Å²) in [6.07, 6.45) is -2.57. The number of carbonyl (C=O) groups excluding carboxylic acids is 2. The van der Waals surface area contributed by atoms with E-state index in [4.69, 9.17) is 14.6 Å². The largest absolute Gasteiger partial charge is 0.505 e. The van der Waals surface area contributed by atoms with E-state index in [0.717, 1.165) is 0 Å².